The Kier molecular flexibility index (Phi) is 8.27. The number of amides is 1. The van der Waals surface area contributed by atoms with E-state index in [1.54, 1.807) is 18.1 Å². The van der Waals surface area contributed by atoms with Crippen molar-refractivity contribution in [2.24, 2.45) is 0 Å². The summed E-state index contributed by atoms with van der Waals surface area (Å²) in [5.41, 5.74) is 0.874. The van der Waals surface area contributed by atoms with Crippen LogP contribution in [0.1, 0.15) is 18.4 Å². The lowest BCUT2D eigenvalue weighted by atomic mass is 10.2. The van der Waals surface area contributed by atoms with E-state index in [1.807, 2.05) is 43.3 Å². The Morgan fingerprint density at radius 3 is 2.85 bits per heavy atom. The Hall–Kier alpha value is -1.90. The molecule has 0 unspecified atom stereocenters. The molecule has 1 aliphatic heterocycles. The van der Waals surface area contributed by atoms with Gasteiger partial charge in [-0.25, -0.2) is 0 Å². The van der Waals surface area contributed by atoms with Gasteiger partial charge in [-0.05, 0) is 44.3 Å². The zero-order chi connectivity index (χ0) is 19.8. The first-order valence-electron chi connectivity index (χ1n) is 8.60. The number of esters is 1. The van der Waals surface area contributed by atoms with Crippen molar-refractivity contribution in [2.45, 2.75) is 12.8 Å². The van der Waals surface area contributed by atoms with Gasteiger partial charge in [0.1, 0.15) is 16.7 Å². The molecular formula is C19H24N2O4S2. The maximum absolute atomic E-state index is 12.6. The van der Waals surface area contributed by atoms with Gasteiger partial charge in [-0.3, -0.25) is 14.5 Å². The summed E-state index contributed by atoms with van der Waals surface area (Å²) in [7, 11) is 5.44. The van der Waals surface area contributed by atoms with Crippen LogP contribution in [0.2, 0.25) is 0 Å². The molecule has 8 heteroatoms. The predicted molar refractivity (Wildman–Crippen MR) is 112 cm³/mol. The number of likely N-dealkylation sites (N-methyl/N-ethyl adjacent to an activating group) is 1. The number of ether oxygens (including phenoxy) is 2. The van der Waals surface area contributed by atoms with Crippen LogP contribution in [0.15, 0.2) is 29.2 Å². The average molecular weight is 409 g/mol. The number of methoxy groups -OCH3 is 1. The normalized spacial score (nSPS) is 15.7. The molecule has 1 aromatic carbocycles. The number of hydrogen-bond donors (Lipinski definition) is 0. The van der Waals surface area contributed by atoms with Crippen LogP contribution < -0.4 is 4.74 Å². The summed E-state index contributed by atoms with van der Waals surface area (Å²) in [5.74, 6) is 0.343. The zero-order valence-electron chi connectivity index (χ0n) is 15.8. The van der Waals surface area contributed by atoms with Crippen molar-refractivity contribution in [1.82, 2.24) is 9.80 Å². The van der Waals surface area contributed by atoms with Crippen LogP contribution in [0.5, 0.6) is 5.75 Å². The molecule has 0 aromatic heterocycles. The number of thioether (sulfide) groups is 1. The van der Waals surface area contributed by atoms with Crippen LogP contribution >= 0.6 is 24.0 Å². The molecule has 6 nitrogen and oxygen atoms in total. The van der Waals surface area contributed by atoms with Crippen LogP contribution in [0.3, 0.4) is 0 Å². The third-order valence-electron chi connectivity index (χ3n) is 3.83. The molecule has 1 fully saturated rings. The third kappa shape index (κ3) is 6.64. The van der Waals surface area contributed by atoms with Crippen LogP contribution in [0.4, 0.5) is 0 Å². The second-order valence-corrected chi connectivity index (χ2v) is 7.91. The average Bonchev–Trinajstić information content (AvgIpc) is 2.89. The lowest BCUT2D eigenvalue weighted by Gasteiger charge is -2.14. The van der Waals surface area contributed by atoms with Crippen molar-refractivity contribution in [3.8, 4) is 5.75 Å². The summed E-state index contributed by atoms with van der Waals surface area (Å²) in [6, 6.07) is 7.47. The monoisotopic (exact) mass is 408 g/mol. The molecule has 1 aliphatic rings. The molecule has 0 radical (unpaired) electrons. The van der Waals surface area contributed by atoms with Gasteiger partial charge in [-0.2, -0.15) is 0 Å². The van der Waals surface area contributed by atoms with Gasteiger partial charge in [-0.1, -0.05) is 36.1 Å². The summed E-state index contributed by atoms with van der Waals surface area (Å²) in [6.07, 6.45) is 2.58. The maximum Gasteiger partial charge on any atom is 0.305 e. The van der Waals surface area contributed by atoms with E-state index < -0.39 is 0 Å². The maximum atomic E-state index is 12.6. The van der Waals surface area contributed by atoms with E-state index in [1.165, 1.54) is 11.8 Å². The van der Waals surface area contributed by atoms with Crippen LogP contribution in [-0.4, -0.2) is 66.9 Å². The second kappa shape index (κ2) is 10.4. The molecule has 0 aliphatic carbocycles. The summed E-state index contributed by atoms with van der Waals surface area (Å²) >= 11 is 6.59. The predicted octanol–water partition coefficient (Wildman–Crippen LogP) is 2.78. The van der Waals surface area contributed by atoms with E-state index in [4.69, 9.17) is 21.7 Å². The Balaban J connectivity index is 1.86. The minimum atomic E-state index is -0.255. The van der Waals surface area contributed by atoms with E-state index in [9.17, 15) is 9.59 Å². The van der Waals surface area contributed by atoms with Gasteiger partial charge in [0, 0.05) is 19.5 Å². The van der Waals surface area contributed by atoms with Gasteiger partial charge in [-0.15, -0.1) is 0 Å². The minimum absolute atomic E-state index is 0.131. The topological polar surface area (TPSA) is 59.1 Å². The highest BCUT2D eigenvalue weighted by atomic mass is 32.2. The number of carbonyl (C=O) groups excluding carboxylic acids is 2. The molecular weight excluding hydrogens is 384 g/mol. The highest BCUT2D eigenvalue weighted by Crippen LogP contribution is 2.33. The largest absolute Gasteiger partial charge is 0.497 e. The molecule has 1 amide bonds. The van der Waals surface area contributed by atoms with Crippen LogP contribution in [0, 0.1) is 0 Å². The van der Waals surface area contributed by atoms with E-state index >= 15 is 0 Å². The third-order valence-corrected chi connectivity index (χ3v) is 5.21. The number of thiocarbonyl (C=S) groups is 1. The molecule has 0 atom stereocenters. The fourth-order valence-corrected chi connectivity index (χ4v) is 3.68. The van der Waals surface area contributed by atoms with Gasteiger partial charge < -0.3 is 14.4 Å². The smallest absolute Gasteiger partial charge is 0.305 e. The summed E-state index contributed by atoms with van der Waals surface area (Å²) < 4.78 is 10.9. The Bertz CT molecular complexity index is 734. The lowest BCUT2D eigenvalue weighted by molar-refractivity contribution is -0.144. The molecule has 1 saturated heterocycles. The second-order valence-electron chi connectivity index (χ2n) is 6.24. The van der Waals surface area contributed by atoms with Crippen molar-refractivity contribution in [2.75, 3.05) is 40.9 Å². The first kappa shape index (κ1) is 21.4. The lowest BCUT2D eigenvalue weighted by Crippen LogP contribution is -2.29. The summed E-state index contributed by atoms with van der Waals surface area (Å²) in [5, 5.41) is 0. The van der Waals surface area contributed by atoms with Gasteiger partial charge in [0.2, 0.25) is 0 Å². The molecule has 0 spiro atoms. The highest BCUT2D eigenvalue weighted by Gasteiger charge is 2.31. The summed E-state index contributed by atoms with van der Waals surface area (Å²) in [6.45, 7) is 1.47. The fourth-order valence-electron chi connectivity index (χ4n) is 2.37. The van der Waals surface area contributed by atoms with E-state index in [0.717, 1.165) is 11.3 Å². The number of nitrogens with zero attached hydrogens (tertiary/aromatic N) is 2. The van der Waals surface area contributed by atoms with Crippen molar-refractivity contribution in [3.63, 3.8) is 0 Å². The molecule has 1 aromatic rings. The standard InChI is InChI=1S/C19H24N2O4S2/c1-20(2)10-11-25-17(22)8-5-9-21-18(23)16(27-19(21)26)13-14-6-4-7-15(12-14)24-3/h4,6-7,12-13H,5,8-11H2,1-3H3. The first-order chi connectivity index (χ1) is 12.9. The Morgan fingerprint density at radius 2 is 2.15 bits per heavy atom. The Morgan fingerprint density at radius 1 is 1.37 bits per heavy atom. The first-order valence-corrected chi connectivity index (χ1v) is 9.83. The van der Waals surface area contributed by atoms with Crippen molar-refractivity contribution in [3.05, 3.63) is 34.7 Å². The number of benzene rings is 1. The van der Waals surface area contributed by atoms with Gasteiger partial charge >= 0.3 is 5.97 Å². The van der Waals surface area contributed by atoms with Gasteiger partial charge in [0.05, 0.1) is 12.0 Å². The van der Waals surface area contributed by atoms with Gasteiger partial charge in [0.25, 0.3) is 5.91 Å². The van der Waals surface area contributed by atoms with Crippen LogP contribution in [0.25, 0.3) is 6.08 Å². The van der Waals surface area contributed by atoms with E-state index in [2.05, 4.69) is 0 Å². The molecule has 1 heterocycles. The molecule has 27 heavy (non-hydrogen) atoms. The zero-order valence-corrected chi connectivity index (χ0v) is 17.4. The minimum Gasteiger partial charge on any atom is -0.497 e. The summed E-state index contributed by atoms with van der Waals surface area (Å²) in [4.78, 5) is 28.4. The highest BCUT2D eigenvalue weighted by molar-refractivity contribution is 8.26. The fraction of sp³-hybridized carbons (Fsp3) is 0.421. The molecule has 146 valence electrons. The number of carbonyl (C=O) groups is 2. The van der Waals surface area contributed by atoms with Crippen molar-refractivity contribution >= 4 is 46.3 Å². The van der Waals surface area contributed by atoms with E-state index in [0.29, 0.717) is 35.3 Å². The molecule has 0 N–H and O–H groups in total. The van der Waals surface area contributed by atoms with Crippen LogP contribution in [-0.2, 0) is 14.3 Å². The molecule has 0 saturated carbocycles. The number of rotatable bonds is 9. The number of hydrogen-bond acceptors (Lipinski definition) is 7. The molecule has 0 bridgehead atoms. The van der Waals surface area contributed by atoms with Crippen molar-refractivity contribution in [1.29, 1.82) is 0 Å². The Labute approximate surface area is 169 Å². The van der Waals surface area contributed by atoms with Gasteiger partial charge in [0.15, 0.2) is 0 Å². The molecule has 2 rings (SSSR count). The quantitative estimate of drug-likeness (QED) is 0.354. The van der Waals surface area contributed by atoms with Crippen molar-refractivity contribution < 1.29 is 19.1 Å². The van der Waals surface area contributed by atoms with E-state index in [-0.39, 0.29) is 18.3 Å². The SMILES string of the molecule is COc1cccc(C=C2SC(=S)N(CCCC(=O)OCCN(C)C)C2=O)c1.